The first-order valence-electron chi connectivity index (χ1n) is 33.9. The third kappa shape index (κ3) is 62.2. The molecule has 0 aromatic heterocycles. The summed E-state index contributed by atoms with van der Waals surface area (Å²) in [5.41, 5.74) is 0. The molecule has 0 spiro atoms. The second-order valence-electron chi connectivity index (χ2n) is 24.5. The van der Waals surface area contributed by atoms with E-state index in [1.165, 1.54) is 283 Å². The molecule has 0 aliphatic carbocycles. The van der Waals surface area contributed by atoms with Gasteiger partial charge in [0, 0.05) is 6.42 Å². The van der Waals surface area contributed by atoms with E-state index in [9.17, 15) is 19.4 Å². The summed E-state index contributed by atoms with van der Waals surface area (Å²) in [4.78, 5) is 23.4. The normalized spacial score (nSPS) is 13.9. The molecule has 3 N–H and O–H groups in total. The topological polar surface area (TPSA) is 105 Å². The van der Waals surface area contributed by atoms with E-state index >= 15 is 0 Å². The number of phosphoric ester groups is 1. The zero-order valence-electron chi connectivity index (χ0n) is 52.2. The van der Waals surface area contributed by atoms with Crippen LogP contribution in [-0.4, -0.2) is 73.4 Å². The molecule has 9 heteroatoms. The highest BCUT2D eigenvalue weighted by molar-refractivity contribution is 7.47. The summed E-state index contributed by atoms with van der Waals surface area (Å²) in [6.07, 6.45) is 78.7. The van der Waals surface area contributed by atoms with E-state index in [1.807, 2.05) is 27.2 Å². The lowest BCUT2D eigenvalue weighted by Crippen LogP contribution is -2.45. The Morgan fingerprint density at radius 3 is 1.04 bits per heavy atom. The molecule has 0 fully saturated rings. The molecule has 0 bridgehead atoms. The molecule has 77 heavy (non-hydrogen) atoms. The average molecular weight is 1110 g/mol. The van der Waals surface area contributed by atoms with Crippen molar-refractivity contribution < 1.29 is 32.9 Å². The van der Waals surface area contributed by atoms with Gasteiger partial charge in [0.1, 0.15) is 13.2 Å². The lowest BCUT2D eigenvalue weighted by molar-refractivity contribution is -0.870. The maximum atomic E-state index is 13.0. The van der Waals surface area contributed by atoms with E-state index in [-0.39, 0.29) is 19.1 Å². The Morgan fingerprint density at radius 2 is 0.714 bits per heavy atom. The number of hydrogen-bond donors (Lipinski definition) is 3. The number of likely N-dealkylation sites (N-methyl/N-ethyl adjacent to an activating group) is 1. The van der Waals surface area contributed by atoms with Crippen molar-refractivity contribution in [3.05, 3.63) is 36.5 Å². The van der Waals surface area contributed by atoms with Gasteiger partial charge in [-0.2, -0.15) is 0 Å². The molecule has 0 heterocycles. The van der Waals surface area contributed by atoms with Gasteiger partial charge < -0.3 is 19.8 Å². The van der Waals surface area contributed by atoms with Crippen LogP contribution in [0.15, 0.2) is 36.5 Å². The molecule has 3 unspecified atom stereocenters. The minimum absolute atomic E-state index is 0.0581. The van der Waals surface area contributed by atoms with Gasteiger partial charge in [-0.25, -0.2) is 4.57 Å². The molecule has 3 atom stereocenters. The van der Waals surface area contributed by atoms with Gasteiger partial charge in [-0.05, 0) is 57.8 Å². The first-order valence-corrected chi connectivity index (χ1v) is 35.4. The van der Waals surface area contributed by atoms with E-state index in [0.29, 0.717) is 17.4 Å². The van der Waals surface area contributed by atoms with Crippen LogP contribution in [-0.2, 0) is 18.4 Å². The van der Waals surface area contributed by atoms with Crippen LogP contribution in [0.3, 0.4) is 0 Å². The van der Waals surface area contributed by atoms with Crippen molar-refractivity contribution in [1.82, 2.24) is 5.32 Å². The molecule has 0 radical (unpaired) electrons. The Morgan fingerprint density at radius 1 is 0.429 bits per heavy atom. The fourth-order valence-electron chi connectivity index (χ4n) is 10.3. The van der Waals surface area contributed by atoms with Crippen molar-refractivity contribution in [2.45, 2.75) is 353 Å². The van der Waals surface area contributed by atoms with E-state index < -0.39 is 20.0 Å². The number of hydrogen-bond acceptors (Lipinski definition) is 5. The first-order chi connectivity index (χ1) is 37.5. The van der Waals surface area contributed by atoms with Crippen LogP contribution in [0.4, 0.5) is 0 Å². The highest BCUT2D eigenvalue weighted by Crippen LogP contribution is 2.43. The largest absolute Gasteiger partial charge is 0.472 e. The predicted octanol–water partition coefficient (Wildman–Crippen LogP) is 21.3. The summed E-state index contributed by atoms with van der Waals surface area (Å²) in [5.74, 6) is -0.180. The lowest BCUT2D eigenvalue weighted by atomic mass is 10.0. The van der Waals surface area contributed by atoms with Gasteiger partial charge in [0.25, 0.3) is 0 Å². The van der Waals surface area contributed by atoms with Crippen LogP contribution in [0.2, 0.25) is 0 Å². The van der Waals surface area contributed by atoms with Gasteiger partial charge in [0.05, 0.1) is 39.9 Å². The summed E-state index contributed by atoms with van der Waals surface area (Å²) in [6.45, 7) is 4.84. The van der Waals surface area contributed by atoms with Crippen molar-refractivity contribution in [2.75, 3.05) is 40.9 Å². The van der Waals surface area contributed by atoms with E-state index in [1.54, 1.807) is 6.08 Å². The maximum absolute atomic E-state index is 13.0. The molecule has 0 aromatic carbocycles. The number of carbonyl (C=O) groups is 1. The average Bonchev–Trinajstić information content (AvgIpc) is 3.39. The molecule has 0 aliphatic heterocycles. The Kier molecular flexibility index (Phi) is 58.4. The smallest absolute Gasteiger partial charge is 0.387 e. The van der Waals surface area contributed by atoms with Crippen molar-refractivity contribution in [1.29, 1.82) is 0 Å². The van der Waals surface area contributed by atoms with Gasteiger partial charge in [-0.3, -0.25) is 13.8 Å². The number of nitrogens with zero attached hydrogens (tertiary/aromatic N) is 1. The second-order valence-corrected chi connectivity index (χ2v) is 26.0. The molecule has 1 amide bonds. The Hall–Kier alpha value is -1.28. The summed E-state index contributed by atoms with van der Waals surface area (Å²) in [5, 5.41) is 13.9. The Balaban J connectivity index is 3.96. The van der Waals surface area contributed by atoms with Crippen LogP contribution in [0, 0.1) is 0 Å². The van der Waals surface area contributed by atoms with E-state index in [0.717, 1.165) is 38.5 Å². The van der Waals surface area contributed by atoms with Crippen LogP contribution in [0.5, 0.6) is 0 Å². The standard InChI is InChI=1S/C68H133N2O6P/c1-6-8-10-12-14-16-18-20-22-24-26-27-28-29-30-31-32-33-34-35-36-37-38-39-40-41-42-43-44-46-48-50-52-54-56-58-60-62-68(72)69-66(65-76-77(73,74)75-64-63-70(3,4)5)67(71)61-59-57-55-53-51-49-47-45-25-23-21-19-17-15-13-11-9-7-2/h24,26,51,53,59,61,66-67,71H,6-23,25,27-50,52,54-58,60,62-65H2,1-5H3,(H-,69,72,73,74)/p+1/b26-24-,53-51+,61-59+. The third-order valence-electron chi connectivity index (χ3n) is 15.6. The zero-order chi connectivity index (χ0) is 56.3. The van der Waals surface area contributed by atoms with Crippen molar-refractivity contribution >= 4 is 13.7 Å². The predicted molar refractivity (Wildman–Crippen MR) is 337 cm³/mol. The number of aliphatic hydroxyl groups excluding tert-OH is 1. The number of nitrogens with one attached hydrogen (secondary N) is 1. The van der Waals surface area contributed by atoms with Gasteiger partial charge in [0.15, 0.2) is 0 Å². The number of phosphoric acid groups is 1. The molecule has 0 aromatic rings. The Bertz CT molecular complexity index is 1350. The summed E-state index contributed by atoms with van der Waals surface area (Å²) >= 11 is 0. The molecular weight excluding hydrogens is 972 g/mol. The Labute approximate surface area is 480 Å². The van der Waals surface area contributed by atoms with Gasteiger partial charge in [-0.15, -0.1) is 0 Å². The zero-order valence-corrected chi connectivity index (χ0v) is 53.1. The highest BCUT2D eigenvalue weighted by Gasteiger charge is 2.28. The number of allylic oxidation sites excluding steroid dienone is 5. The summed E-state index contributed by atoms with van der Waals surface area (Å²) in [6, 6.07) is -0.862. The molecule has 0 saturated heterocycles. The van der Waals surface area contributed by atoms with E-state index in [4.69, 9.17) is 9.05 Å². The highest BCUT2D eigenvalue weighted by atomic mass is 31.2. The fraction of sp³-hybridized carbons (Fsp3) is 0.897. The molecule has 0 saturated carbocycles. The molecule has 0 rings (SSSR count). The summed E-state index contributed by atoms with van der Waals surface area (Å²) in [7, 11) is 1.57. The third-order valence-corrected chi connectivity index (χ3v) is 16.6. The van der Waals surface area contributed by atoms with Crippen molar-refractivity contribution in [3.8, 4) is 0 Å². The van der Waals surface area contributed by atoms with Crippen LogP contribution < -0.4 is 5.32 Å². The number of rotatable bonds is 63. The number of aliphatic hydroxyl groups is 1. The van der Waals surface area contributed by atoms with Gasteiger partial charge in [0.2, 0.25) is 5.91 Å². The minimum atomic E-state index is -4.36. The quantitative estimate of drug-likeness (QED) is 0.0243. The van der Waals surface area contributed by atoms with Crippen molar-refractivity contribution in [3.63, 3.8) is 0 Å². The SMILES string of the molecule is CCCCCCCCCC/C=C\CCCCCCCCCCCCCCCCCCCCCCCCCCCC(=O)NC(COP(=O)(O)OCC[N+](C)(C)C)C(O)/C=C/CC/C=C/CCCCCCCCCCCCCC. The van der Waals surface area contributed by atoms with Crippen LogP contribution in [0.1, 0.15) is 341 Å². The van der Waals surface area contributed by atoms with Gasteiger partial charge >= 0.3 is 7.82 Å². The fourth-order valence-corrected chi connectivity index (χ4v) is 11.0. The maximum Gasteiger partial charge on any atom is 0.472 e. The first kappa shape index (κ1) is 75.7. The van der Waals surface area contributed by atoms with Gasteiger partial charge in [-0.1, -0.05) is 314 Å². The monoisotopic (exact) mass is 1110 g/mol. The van der Waals surface area contributed by atoms with E-state index in [2.05, 4.69) is 43.5 Å². The van der Waals surface area contributed by atoms with Crippen LogP contribution in [0.25, 0.3) is 0 Å². The van der Waals surface area contributed by atoms with Crippen molar-refractivity contribution in [2.24, 2.45) is 0 Å². The number of carbonyl (C=O) groups excluding carboxylic acids is 1. The van der Waals surface area contributed by atoms with Crippen LogP contribution >= 0.6 is 7.82 Å². The molecule has 8 nitrogen and oxygen atoms in total. The molecule has 0 aliphatic rings. The second kappa shape index (κ2) is 59.3. The molecular formula is C68H134N2O6P+. The number of unbranched alkanes of at least 4 members (excludes halogenated alkanes) is 46. The summed E-state index contributed by atoms with van der Waals surface area (Å²) < 4.78 is 23.7. The minimum Gasteiger partial charge on any atom is -0.387 e. The molecule has 456 valence electrons. The number of quaternary nitrogens is 1. The number of amides is 1. The lowest BCUT2D eigenvalue weighted by Gasteiger charge is -2.25.